The van der Waals surface area contributed by atoms with Crippen molar-refractivity contribution >= 4 is 23.2 Å². The molecule has 0 bridgehead atoms. The summed E-state index contributed by atoms with van der Waals surface area (Å²) in [5.74, 6) is 0.942. The SMILES string of the molecule is Cc1occc1C(=O)Nc1ccc(OC(C)C)c(Cl)c1. The molecule has 0 fully saturated rings. The van der Waals surface area contributed by atoms with Crippen LogP contribution in [-0.4, -0.2) is 12.0 Å². The lowest BCUT2D eigenvalue weighted by atomic mass is 10.2. The van der Waals surface area contributed by atoms with Crippen LogP contribution in [0.15, 0.2) is 34.9 Å². The number of furan rings is 1. The topological polar surface area (TPSA) is 51.5 Å². The van der Waals surface area contributed by atoms with Crippen LogP contribution in [0.4, 0.5) is 5.69 Å². The van der Waals surface area contributed by atoms with Crippen molar-refractivity contribution in [2.24, 2.45) is 0 Å². The number of nitrogens with one attached hydrogen (secondary N) is 1. The van der Waals surface area contributed by atoms with E-state index in [1.54, 1.807) is 31.2 Å². The predicted molar refractivity (Wildman–Crippen MR) is 78.6 cm³/mol. The highest BCUT2D eigenvalue weighted by Crippen LogP contribution is 2.28. The number of carbonyl (C=O) groups excluding carboxylic acids is 1. The van der Waals surface area contributed by atoms with Crippen molar-refractivity contribution in [1.82, 2.24) is 0 Å². The number of aryl methyl sites for hydroxylation is 1. The Hall–Kier alpha value is -1.94. The van der Waals surface area contributed by atoms with Gasteiger partial charge in [0.05, 0.1) is 23.0 Å². The molecule has 0 saturated heterocycles. The second-order valence-corrected chi connectivity index (χ2v) is 5.06. The van der Waals surface area contributed by atoms with Crippen LogP contribution in [0.3, 0.4) is 0 Å². The van der Waals surface area contributed by atoms with E-state index < -0.39 is 0 Å². The summed E-state index contributed by atoms with van der Waals surface area (Å²) in [6.45, 7) is 5.59. The monoisotopic (exact) mass is 293 g/mol. The fourth-order valence-corrected chi connectivity index (χ4v) is 1.97. The van der Waals surface area contributed by atoms with E-state index in [0.29, 0.717) is 27.8 Å². The molecule has 0 saturated carbocycles. The minimum atomic E-state index is -0.232. The first kappa shape index (κ1) is 14.5. The van der Waals surface area contributed by atoms with Gasteiger partial charge in [0.2, 0.25) is 0 Å². The van der Waals surface area contributed by atoms with Crippen LogP contribution in [-0.2, 0) is 0 Å². The van der Waals surface area contributed by atoms with Crippen LogP contribution in [0, 0.1) is 6.92 Å². The number of rotatable bonds is 4. The summed E-state index contributed by atoms with van der Waals surface area (Å²) < 4.78 is 10.6. The lowest BCUT2D eigenvalue weighted by molar-refractivity contribution is 0.102. The van der Waals surface area contributed by atoms with Crippen molar-refractivity contribution in [3.05, 3.63) is 46.9 Å². The van der Waals surface area contributed by atoms with E-state index in [4.69, 9.17) is 20.8 Å². The Balaban J connectivity index is 2.13. The van der Waals surface area contributed by atoms with E-state index in [-0.39, 0.29) is 12.0 Å². The third-order valence-corrected chi connectivity index (χ3v) is 2.95. The highest BCUT2D eigenvalue weighted by atomic mass is 35.5. The second kappa shape index (κ2) is 6.01. The van der Waals surface area contributed by atoms with Crippen molar-refractivity contribution in [3.8, 4) is 5.75 Å². The van der Waals surface area contributed by atoms with Gasteiger partial charge >= 0.3 is 0 Å². The number of halogens is 1. The van der Waals surface area contributed by atoms with Crippen LogP contribution in [0.5, 0.6) is 5.75 Å². The zero-order valence-electron chi connectivity index (χ0n) is 11.6. The normalized spacial score (nSPS) is 10.7. The molecule has 0 spiro atoms. The van der Waals surface area contributed by atoms with Gasteiger partial charge < -0.3 is 14.5 Å². The first-order valence-corrected chi connectivity index (χ1v) is 6.67. The number of ether oxygens (including phenoxy) is 1. The summed E-state index contributed by atoms with van der Waals surface area (Å²) in [6.07, 6.45) is 1.53. The molecule has 2 aromatic rings. The Labute approximate surface area is 122 Å². The van der Waals surface area contributed by atoms with Gasteiger partial charge in [-0.25, -0.2) is 0 Å². The van der Waals surface area contributed by atoms with Gasteiger partial charge in [-0.15, -0.1) is 0 Å². The first-order valence-electron chi connectivity index (χ1n) is 6.29. The lowest BCUT2D eigenvalue weighted by Crippen LogP contribution is -2.12. The maximum absolute atomic E-state index is 12.0. The number of anilines is 1. The molecule has 5 heteroatoms. The summed E-state index contributed by atoms with van der Waals surface area (Å²) in [5.41, 5.74) is 1.11. The third kappa shape index (κ3) is 3.33. The number of benzene rings is 1. The molecule has 2 rings (SSSR count). The number of carbonyl (C=O) groups is 1. The summed E-state index contributed by atoms with van der Waals surface area (Å²) in [5, 5.41) is 3.23. The van der Waals surface area contributed by atoms with Gasteiger partial charge in [0.25, 0.3) is 5.91 Å². The molecule has 1 aromatic carbocycles. The molecule has 1 heterocycles. The molecular formula is C15H16ClNO3. The fourth-order valence-electron chi connectivity index (χ4n) is 1.75. The summed E-state index contributed by atoms with van der Waals surface area (Å²) in [6, 6.07) is 6.77. The van der Waals surface area contributed by atoms with Crippen molar-refractivity contribution in [3.63, 3.8) is 0 Å². The number of amides is 1. The summed E-state index contributed by atoms with van der Waals surface area (Å²) in [4.78, 5) is 12.0. The van der Waals surface area contributed by atoms with E-state index in [1.807, 2.05) is 13.8 Å². The van der Waals surface area contributed by atoms with E-state index in [9.17, 15) is 4.79 Å². The van der Waals surface area contributed by atoms with Crippen LogP contribution >= 0.6 is 11.6 Å². The van der Waals surface area contributed by atoms with E-state index in [2.05, 4.69) is 5.32 Å². The fraction of sp³-hybridized carbons (Fsp3) is 0.267. The number of hydrogen-bond donors (Lipinski definition) is 1. The third-order valence-electron chi connectivity index (χ3n) is 2.66. The van der Waals surface area contributed by atoms with Gasteiger partial charge in [0.15, 0.2) is 0 Å². The maximum Gasteiger partial charge on any atom is 0.259 e. The minimum absolute atomic E-state index is 0.0431. The average molecular weight is 294 g/mol. The van der Waals surface area contributed by atoms with Crippen LogP contribution < -0.4 is 10.1 Å². The molecule has 0 aliphatic heterocycles. The summed E-state index contributed by atoms with van der Waals surface area (Å²) in [7, 11) is 0. The molecule has 0 unspecified atom stereocenters. The van der Waals surface area contributed by atoms with E-state index >= 15 is 0 Å². The van der Waals surface area contributed by atoms with Gasteiger partial charge in [0, 0.05) is 5.69 Å². The standard InChI is InChI=1S/C15H16ClNO3/c1-9(2)20-14-5-4-11(8-13(14)16)17-15(18)12-6-7-19-10(12)3/h4-9H,1-3H3,(H,17,18). The largest absolute Gasteiger partial charge is 0.489 e. The van der Waals surface area contributed by atoms with Crippen LogP contribution in [0.1, 0.15) is 30.0 Å². The minimum Gasteiger partial charge on any atom is -0.489 e. The van der Waals surface area contributed by atoms with E-state index in [1.165, 1.54) is 6.26 Å². The molecule has 0 aliphatic rings. The van der Waals surface area contributed by atoms with Crippen molar-refractivity contribution in [2.75, 3.05) is 5.32 Å². The van der Waals surface area contributed by atoms with Gasteiger partial charge in [-0.1, -0.05) is 11.6 Å². The molecule has 0 atom stereocenters. The molecular weight excluding hydrogens is 278 g/mol. The van der Waals surface area contributed by atoms with E-state index in [0.717, 1.165) is 0 Å². The van der Waals surface area contributed by atoms with Gasteiger partial charge in [-0.3, -0.25) is 4.79 Å². The highest BCUT2D eigenvalue weighted by Gasteiger charge is 2.12. The molecule has 1 N–H and O–H groups in total. The van der Waals surface area contributed by atoms with Crippen LogP contribution in [0.2, 0.25) is 5.02 Å². The molecule has 1 aromatic heterocycles. The molecule has 106 valence electrons. The average Bonchev–Trinajstić information content (AvgIpc) is 2.78. The Kier molecular flexibility index (Phi) is 4.35. The van der Waals surface area contributed by atoms with Crippen molar-refractivity contribution in [2.45, 2.75) is 26.9 Å². The summed E-state index contributed by atoms with van der Waals surface area (Å²) >= 11 is 6.12. The van der Waals surface area contributed by atoms with Crippen LogP contribution in [0.25, 0.3) is 0 Å². The molecule has 4 nitrogen and oxygen atoms in total. The zero-order chi connectivity index (χ0) is 14.7. The molecule has 20 heavy (non-hydrogen) atoms. The maximum atomic E-state index is 12.0. The quantitative estimate of drug-likeness (QED) is 0.915. The Morgan fingerprint density at radius 1 is 1.35 bits per heavy atom. The van der Waals surface area contributed by atoms with Gasteiger partial charge in [0.1, 0.15) is 11.5 Å². The molecule has 0 aliphatic carbocycles. The van der Waals surface area contributed by atoms with Crippen molar-refractivity contribution < 1.29 is 13.9 Å². The molecule has 0 radical (unpaired) electrons. The predicted octanol–water partition coefficient (Wildman–Crippen LogP) is 4.28. The van der Waals surface area contributed by atoms with Gasteiger partial charge in [-0.05, 0) is 45.0 Å². The smallest absolute Gasteiger partial charge is 0.259 e. The Morgan fingerprint density at radius 3 is 2.65 bits per heavy atom. The number of hydrogen-bond acceptors (Lipinski definition) is 3. The van der Waals surface area contributed by atoms with Gasteiger partial charge in [-0.2, -0.15) is 0 Å². The zero-order valence-corrected chi connectivity index (χ0v) is 12.3. The Bertz CT molecular complexity index is 619. The molecule has 1 amide bonds. The highest BCUT2D eigenvalue weighted by molar-refractivity contribution is 6.32. The Morgan fingerprint density at radius 2 is 2.10 bits per heavy atom. The van der Waals surface area contributed by atoms with Crippen molar-refractivity contribution in [1.29, 1.82) is 0 Å². The second-order valence-electron chi connectivity index (χ2n) is 4.66. The first-order chi connectivity index (χ1) is 9.47. The lowest BCUT2D eigenvalue weighted by Gasteiger charge is -2.12.